The van der Waals surface area contributed by atoms with Crippen LogP contribution in [0.5, 0.6) is 11.5 Å². The SMILES string of the molecule is CC1=C(CC2=C(O)c3c(cc(O)c(C)c3O)C(=O)C2=O)CCC(C)(C)C1. The number of hydrogen-bond donors (Lipinski definition) is 3. The van der Waals surface area contributed by atoms with Crippen LogP contribution >= 0.6 is 0 Å². The van der Waals surface area contributed by atoms with Gasteiger partial charge in [0.25, 0.3) is 0 Å². The van der Waals surface area contributed by atoms with Gasteiger partial charge in [-0.3, -0.25) is 9.59 Å². The number of benzene rings is 1. The number of carbonyl (C=O) groups is 2. The minimum atomic E-state index is -0.812. The molecule has 138 valence electrons. The molecule has 0 unspecified atom stereocenters. The standard InChI is InChI=1S/C21H24O5/c1-10-9-21(3,4)6-5-12(10)7-14-18(24)16-13(19(25)20(14)26)8-15(22)11(2)17(16)23/h8,22-24H,5-7,9H2,1-4H3. The summed E-state index contributed by atoms with van der Waals surface area (Å²) in [6, 6.07) is 1.13. The number of Topliss-reactive ketones (excluding diaryl/α,β-unsaturated/α-hetero) is 2. The van der Waals surface area contributed by atoms with E-state index in [0.717, 1.165) is 30.9 Å². The summed E-state index contributed by atoms with van der Waals surface area (Å²) in [5, 5.41) is 30.8. The fourth-order valence-corrected chi connectivity index (χ4v) is 3.94. The van der Waals surface area contributed by atoms with Crippen molar-refractivity contribution in [3.8, 4) is 11.5 Å². The van der Waals surface area contributed by atoms with Crippen LogP contribution in [0.1, 0.15) is 67.9 Å². The molecule has 0 saturated heterocycles. The van der Waals surface area contributed by atoms with Crippen LogP contribution in [0.15, 0.2) is 22.8 Å². The monoisotopic (exact) mass is 356 g/mol. The van der Waals surface area contributed by atoms with Crippen molar-refractivity contribution in [2.24, 2.45) is 5.41 Å². The number of aromatic hydroxyl groups is 2. The number of fused-ring (bicyclic) bond motifs is 1. The molecule has 1 aromatic carbocycles. The number of ketones is 2. The highest BCUT2D eigenvalue weighted by molar-refractivity contribution is 6.52. The Kier molecular flexibility index (Phi) is 4.21. The number of rotatable bonds is 2. The summed E-state index contributed by atoms with van der Waals surface area (Å²) in [5.74, 6) is -2.61. The third kappa shape index (κ3) is 2.81. The lowest BCUT2D eigenvalue weighted by Gasteiger charge is -2.32. The van der Waals surface area contributed by atoms with Crippen LogP contribution in [0.3, 0.4) is 0 Å². The molecule has 5 heteroatoms. The molecule has 0 radical (unpaired) electrons. The van der Waals surface area contributed by atoms with Crippen LogP contribution in [0.4, 0.5) is 0 Å². The third-order valence-corrected chi connectivity index (χ3v) is 5.62. The topological polar surface area (TPSA) is 94.8 Å². The summed E-state index contributed by atoms with van der Waals surface area (Å²) < 4.78 is 0. The van der Waals surface area contributed by atoms with E-state index >= 15 is 0 Å². The molecular weight excluding hydrogens is 332 g/mol. The first-order valence-electron chi connectivity index (χ1n) is 8.78. The highest BCUT2D eigenvalue weighted by Gasteiger charge is 2.37. The van der Waals surface area contributed by atoms with Crippen molar-refractivity contribution in [2.45, 2.75) is 53.4 Å². The van der Waals surface area contributed by atoms with Gasteiger partial charge < -0.3 is 15.3 Å². The van der Waals surface area contributed by atoms with Gasteiger partial charge >= 0.3 is 0 Å². The average molecular weight is 356 g/mol. The van der Waals surface area contributed by atoms with Crippen molar-refractivity contribution in [3.63, 3.8) is 0 Å². The fourth-order valence-electron chi connectivity index (χ4n) is 3.94. The Morgan fingerprint density at radius 2 is 1.73 bits per heavy atom. The zero-order valence-electron chi connectivity index (χ0n) is 15.6. The number of aliphatic hydroxyl groups is 1. The molecule has 0 spiro atoms. The van der Waals surface area contributed by atoms with E-state index < -0.39 is 11.6 Å². The van der Waals surface area contributed by atoms with Crippen LogP contribution in [0.25, 0.3) is 5.76 Å². The maximum Gasteiger partial charge on any atom is 0.234 e. The lowest BCUT2D eigenvalue weighted by molar-refractivity contribution is -0.112. The number of hydrogen-bond acceptors (Lipinski definition) is 5. The number of allylic oxidation sites excluding steroid dienone is 3. The lowest BCUT2D eigenvalue weighted by Crippen LogP contribution is -2.25. The molecule has 3 rings (SSSR count). The highest BCUT2D eigenvalue weighted by Crippen LogP contribution is 2.44. The van der Waals surface area contributed by atoms with Crippen molar-refractivity contribution in [3.05, 3.63) is 39.5 Å². The fraction of sp³-hybridized carbons (Fsp3) is 0.429. The molecule has 26 heavy (non-hydrogen) atoms. The van der Waals surface area contributed by atoms with Crippen molar-refractivity contribution >= 4 is 17.3 Å². The first-order valence-corrected chi connectivity index (χ1v) is 8.78. The van der Waals surface area contributed by atoms with Gasteiger partial charge in [-0.1, -0.05) is 25.0 Å². The van der Waals surface area contributed by atoms with Crippen molar-refractivity contribution in [2.75, 3.05) is 0 Å². The second-order valence-electron chi connectivity index (χ2n) is 8.18. The molecule has 0 fully saturated rings. The normalized spacial score (nSPS) is 19.8. The van der Waals surface area contributed by atoms with Gasteiger partial charge in [-0.25, -0.2) is 0 Å². The Balaban J connectivity index is 2.11. The van der Waals surface area contributed by atoms with E-state index in [1.165, 1.54) is 12.5 Å². The molecule has 5 nitrogen and oxygen atoms in total. The molecule has 0 atom stereocenters. The summed E-state index contributed by atoms with van der Waals surface area (Å²) >= 11 is 0. The maximum absolute atomic E-state index is 12.6. The predicted octanol–water partition coefficient (Wildman–Crippen LogP) is 4.36. The number of carbonyl (C=O) groups excluding carboxylic acids is 2. The van der Waals surface area contributed by atoms with Crippen LogP contribution in [0.2, 0.25) is 0 Å². The molecule has 2 aliphatic rings. The van der Waals surface area contributed by atoms with E-state index in [0.29, 0.717) is 0 Å². The minimum Gasteiger partial charge on any atom is -0.508 e. The minimum absolute atomic E-state index is 0.0249. The summed E-state index contributed by atoms with van der Waals surface area (Å²) in [6.45, 7) is 7.90. The van der Waals surface area contributed by atoms with Crippen LogP contribution in [-0.4, -0.2) is 26.9 Å². The molecule has 0 heterocycles. The second-order valence-corrected chi connectivity index (χ2v) is 8.18. The molecule has 0 bridgehead atoms. The molecule has 0 aliphatic heterocycles. The van der Waals surface area contributed by atoms with E-state index in [1.807, 2.05) is 6.92 Å². The zero-order valence-corrected chi connectivity index (χ0v) is 15.6. The van der Waals surface area contributed by atoms with Gasteiger partial charge in [0, 0.05) is 17.5 Å². The van der Waals surface area contributed by atoms with Crippen LogP contribution in [-0.2, 0) is 4.79 Å². The smallest absolute Gasteiger partial charge is 0.234 e. The first kappa shape index (κ1) is 18.2. The first-order chi connectivity index (χ1) is 12.0. The maximum atomic E-state index is 12.6. The third-order valence-electron chi connectivity index (χ3n) is 5.62. The molecule has 3 N–H and O–H groups in total. The quantitative estimate of drug-likeness (QED) is 0.541. The van der Waals surface area contributed by atoms with Gasteiger partial charge in [0.1, 0.15) is 17.3 Å². The van der Waals surface area contributed by atoms with Crippen LogP contribution < -0.4 is 0 Å². The lowest BCUT2D eigenvalue weighted by atomic mass is 9.73. The summed E-state index contributed by atoms with van der Waals surface area (Å²) in [5.41, 5.74) is 2.41. The van der Waals surface area contributed by atoms with Crippen molar-refractivity contribution < 1.29 is 24.9 Å². The summed E-state index contributed by atoms with van der Waals surface area (Å²) in [4.78, 5) is 25.0. The Labute approximate surface area is 152 Å². The summed E-state index contributed by atoms with van der Waals surface area (Å²) in [7, 11) is 0. The second kappa shape index (κ2) is 6.01. The van der Waals surface area contributed by atoms with Gasteiger partial charge in [-0.15, -0.1) is 0 Å². The van der Waals surface area contributed by atoms with Gasteiger partial charge in [0.2, 0.25) is 11.6 Å². The Morgan fingerprint density at radius 1 is 1.08 bits per heavy atom. The highest BCUT2D eigenvalue weighted by atomic mass is 16.3. The molecule has 0 aromatic heterocycles. The van der Waals surface area contributed by atoms with E-state index in [4.69, 9.17) is 0 Å². The van der Waals surface area contributed by atoms with Gasteiger partial charge in [-0.2, -0.15) is 0 Å². The molecule has 2 aliphatic carbocycles. The molecule has 0 saturated carbocycles. The molecule has 1 aromatic rings. The van der Waals surface area contributed by atoms with Crippen LogP contribution in [0, 0.1) is 12.3 Å². The van der Waals surface area contributed by atoms with Gasteiger partial charge in [0.15, 0.2) is 0 Å². The van der Waals surface area contributed by atoms with E-state index in [2.05, 4.69) is 13.8 Å². The summed E-state index contributed by atoms with van der Waals surface area (Å²) in [6.07, 6.45) is 2.90. The van der Waals surface area contributed by atoms with E-state index in [1.54, 1.807) is 0 Å². The Morgan fingerprint density at radius 3 is 2.35 bits per heavy atom. The molecule has 0 amide bonds. The largest absolute Gasteiger partial charge is 0.508 e. The van der Waals surface area contributed by atoms with Gasteiger partial charge in [0.05, 0.1) is 11.1 Å². The Bertz CT molecular complexity index is 899. The Hall–Kier alpha value is -2.56. The number of phenolic OH excluding ortho intramolecular Hbond substituents is 2. The van der Waals surface area contributed by atoms with Crippen molar-refractivity contribution in [1.82, 2.24) is 0 Å². The molecular formula is C21H24O5. The predicted molar refractivity (Wildman–Crippen MR) is 98.3 cm³/mol. The average Bonchev–Trinajstić information content (AvgIpc) is 2.55. The van der Waals surface area contributed by atoms with Crippen molar-refractivity contribution in [1.29, 1.82) is 0 Å². The van der Waals surface area contributed by atoms with E-state index in [-0.39, 0.29) is 51.4 Å². The van der Waals surface area contributed by atoms with E-state index in [9.17, 15) is 24.9 Å². The van der Waals surface area contributed by atoms with Gasteiger partial charge in [-0.05, 0) is 44.6 Å². The zero-order chi connectivity index (χ0) is 19.4. The number of aliphatic hydroxyl groups excluding tert-OH is 1. The number of phenols is 2.